The van der Waals surface area contributed by atoms with Gasteiger partial charge >= 0.3 is 5.69 Å². The van der Waals surface area contributed by atoms with E-state index in [-0.39, 0.29) is 48.3 Å². The summed E-state index contributed by atoms with van der Waals surface area (Å²) in [5.74, 6) is -2.40. The molecule has 216 valence electrons. The van der Waals surface area contributed by atoms with E-state index in [1.807, 2.05) is 0 Å². The van der Waals surface area contributed by atoms with Crippen LogP contribution in [-0.2, 0) is 7.05 Å². The van der Waals surface area contributed by atoms with Gasteiger partial charge in [-0.1, -0.05) is 0 Å². The molecule has 5 rings (SSSR count). The fraction of sp³-hybridized carbons (Fsp3) is 0.577. The number of tetrazole rings is 1. The molecule has 0 aliphatic carbocycles. The number of hydrogen-bond acceptors (Lipinski definition) is 10. The molecule has 0 amide bonds. The third-order valence-electron chi connectivity index (χ3n) is 6.54. The van der Waals surface area contributed by atoms with Gasteiger partial charge in [0.15, 0.2) is 17.5 Å². The Balaban J connectivity index is 1.44. The van der Waals surface area contributed by atoms with Crippen LogP contribution in [0.15, 0.2) is 23.1 Å². The molecule has 4 heterocycles. The van der Waals surface area contributed by atoms with Crippen molar-refractivity contribution < 1.29 is 26.8 Å². The molecule has 3 aromatic rings. The number of halogens is 2. The molecule has 2 aromatic heterocycles. The average molecular weight is 566 g/mol. The van der Waals surface area contributed by atoms with E-state index < -0.39 is 59.8 Å². The number of benzene rings is 1. The Kier molecular flexibility index (Phi) is 5.49. The second kappa shape index (κ2) is 10.4. The number of nitrogens with zero attached hydrogens (tertiary/aromatic N) is 7. The van der Waals surface area contributed by atoms with E-state index in [9.17, 15) is 14.3 Å². The summed E-state index contributed by atoms with van der Waals surface area (Å²) in [5, 5.41) is 23.1. The zero-order valence-corrected chi connectivity index (χ0v) is 22.7. The van der Waals surface area contributed by atoms with E-state index in [1.54, 1.807) is 13.8 Å². The summed E-state index contributed by atoms with van der Waals surface area (Å²) in [6, 6.07) is 0.339. The topological polar surface area (TPSA) is 135 Å². The summed E-state index contributed by atoms with van der Waals surface area (Å²) < 4.78 is 88.1. The minimum absolute atomic E-state index is 0.0220. The summed E-state index contributed by atoms with van der Waals surface area (Å²) >= 11 is 0. The Bertz CT molecular complexity index is 1710. The van der Waals surface area contributed by atoms with Crippen LogP contribution in [0.3, 0.4) is 0 Å². The van der Waals surface area contributed by atoms with Gasteiger partial charge in [0.25, 0.3) is 0 Å². The molecular formula is C26H35F2N9O3. The SMILES string of the molecule is [2H]C1([2H])[C@H]2C[C@@H](Nc3nc(Nc4cc(-n5nnn(C)c5=O)c(OCC(C)(C)O)cc4F)ncc3F)CC(C)(C)N2C([2H])([2H])C1([2H])[2H]. The molecule has 40 heavy (non-hydrogen) atoms. The van der Waals surface area contributed by atoms with E-state index in [1.165, 1.54) is 31.9 Å². The van der Waals surface area contributed by atoms with Gasteiger partial charge in [-0.05, 0) is 76.3 Å². The van der Waals surface area contributed by atoms with E-state index in [0.717, 1.165) is 21.6 Å². The number of aliphatic hydroxyl groups is 1. The van der Waals surface area contributed by atoms with Crippen molar-refractivity contribution >= 4 is 17.5 Å². The lowest BCUT2D eigenvalue weighted by molar-refractivity contribution is 0.0283. The number of hydrogen-bond donors (Lipinski definition) is 3. The average Bonchev–Trinajstić information content (AvgIpc) is 3.30. The molecule has 0 saturated carbocycles. The molecule has 0 radical (unpaired) electrons. The van der Waals surface area contributed by atoms with Crippen molar-refractivity contribution in [3.8, 4) is 11.4 Å². The van der Waals surface area contributed by atoms with Crippen LogP contribution in [-0.4, -0.2) is 76.1 Å². The highest BCUT2D eigenvalue weighted by Gasteiger charge is 2.43. The van der Waals surface area contributed by atoms with Gasteiger partial charge < -0.3 is 20.5 Å². The van der Waals surface area contributed by atoms with Gasteiger partial charge in [-0.3, -0.25) is 4.90 Å². The summed E-state index contributed by atoms with van der Waals surface area (Å²) in [6.07, 6.45) is -4.40. The van der Waals surface area contributed by atoms with Crippen molar-refractivity contribution in [3.05, 3.63) is 40.4 Å². The highest BCUT2D eigenvalue weighted by Crippen LogP contribution is 2.38. The second-order valence-electron chi connectivity index (χ2n) is 11.1. The van der Waals surface area contributed by atoms with E-state index in [4.69, 9.17) is 13.0 Å². The Morgan fingerprint density at radius 2 is 2.05 bits per heavy atom. The molecule has 2 aliphatic heterocycles. The Hall–Kier alpha value is -3.65. The molecule has 0 bridgehead atoms. The molecule has 3 N–H and O–H groups in total. The normalized spacial score (nSPS) is 26.8. The standard InChI is InChI=1S/C26H35F2N9O3/c1-25(2)12-15(9-16-7-6-8-36(16)25)30-22-18(28)13-29-23(32-22)31-19-11-20(37-24(38)35(5)33-34-37)21(10-17(19)27)40-14-26(3,4)39/h10-11,13,15-16,39H,6-9,12,14H2,1-5H3,(H2,29,30,31,32)/t15-,16+/m1/s1/i6D2,7D2,8D2. The summed E-state index contributed by atoms with van der Waals surface area (Å²) in [6.45, 7) is 3.46. The first-order valence-corrected chi connectivity index (χ1v) is 12.6. The number of nitrogens with one attached hydrogen (secondary N) is 2. The lowest BCUT2D eigenvalue weighted by Crippen LogP contribution is -2.55. The Morgan fingerprint density at radius 1 is 1.27 bits per heavy atom. The molecule has 12 nitrogen and oxygen atoms in total. The van der Waals surface area contributed by atoms with Gasteiger partial charge in [-0.25, -0.2) is 18.6 Å². The van der Waals surface area contributed by atoms with Crippen LogP contribution in [0.1, 0.15) is 61.5 Å². The molecule has 0 spiro atoms. The first-order valence-electron chi connectivity index (χ1n) is 15.6. The molecule has 2 saturated heterocycles. The number of aryl methyl sites for hydroxylation is 1. The van der Waals surface area contributed by atoms with Crippen LogP contribution in [0.4, 0.5) is 26.2 Å². The van der Waals surface area contributed by atoms with Gasteiger partial charge in [0.1, 0.15) is 18.0 Å². The lowest BCUT2D eigenvalue weighted by atomic mass is 9.84. The van der Waals surface area contributed by atoms with Crippen LogP contribution in [0.5, 0.6) is 5.75 Å². The van der Waals surface area contributed by atoms with Crippen molar-refractivity contribution in [3.63, 3.8) is 0 Å². The van der Waals surface area contributed by atoms with Crippen LogP contribution >= 0.6 is 0 Å². The number of aromatic nitrogens is 6. The molecule has 2 atom stereocenters. The summed E-state index contributed by atoms with van der Waals surface area (Å²) in [4.78, 5) is 21.9. The fourth-order valence-electron chi connectivity index (χ4n) is 4.70. The van der Waals surface area contributed by atoms with Crippen LogP contribution in [0, 0.1) is 11.6 Å². The van der Waals surface area contributed by atoms with E-state index >= 15 is 4.39 Å². The van der Waals surface area contributed by atoms with Crippen molar-refractivity contribution in [1.82, 2.24) is 34.7 Å². The molecule has 1 aromatic carbocycles. The highest BCUT2D eigenvalue weighted by atomic mass is 19.1. The van der Waals surface area contributed by atoms with Crippen molar-refractivity contribution in [2.24, 2.45) is 7.05 Å². The molecule has 14 heteroatoms. The first kappa shape index (κ1) is 21.1. The number of fused-ring (bicyclic) bond motifs is 1. The zero-order valence-electron chi connectivity index (χ0n) is 28.7. The monoisotopic (exact) mass is 565 g/mol. The number of anilines is 3. The van der Waals surface area contributed by atoms with Gasteiger partial charge in [-0.15, -0.1) is 0 Å². The Labute approximate surface area is 238 Å². The maximum atomic E-state index is 15.3. The zero-order chi connectivity index (χ0) is 34.2. The predicted octanol–water partition coefficient (Wildman–Crippen LogP) is 2.74. The quantitative estimate of drug-likeness (QED) is 0.374. The largest absolute Gasteiger partial charge is 0.488 e. The predicted molar refractivity (Wildman–Crippen MR) is 144 cm³/mol. The maximum absolute atomic E-state index is 15.3. The van der Waals surface area contributed by atoms with Gasteiger partial charge in [-0.2, -0.15) is 14.3 Å². The van der Waals surface area contributed by atoms with E-state index in [2.05, 4.69) is 31.0 Å². The second-order valence-corrected chi connectivity index (χ2v) is 11.1. The van der Waals surface area contributed by atoms with Gasteiger partial charge in [0.05, 0.1) is 17.5 Å². The van der Waals surface area contributed by atoms with Gasteiger partial charge in [0, 0.05) is 39.0 Å². The molecule has 2 fully saturated rings. The minimum atomic E-state index is -2.82. The third kappa shape index (κ3) is 5.77. The summed E-state index contributed by atoms with van der Waals surface area (Å²) in [7, 11) is 1.37. The maximum Gasteiger partial charge on any atom is 0.368 e. The number of ether oxygens (including phenoxy) is 1. The minimum Gasteiger partial charge on any atom is -0.488 e. The molecule has 2 aliphatic rings. The molecule has 0 unspecified atom stereocenters. The third-order valence-corrected chi connectivity index (χ3v) is 6.54. The van der Waals surface area contributed by atoms with Crippen LogP contribution in [0.2, 0.25) is 0 Å². The Morgan fingerprint density at radius 3 is 2.75 bits per heavy atom. The lowest BCUT2D eigenvalue weighted by Gasteiger charge is -2.47. The molecular weight excluding hydrogens is 524 g/mol. The van der Waals surface area contributed by atoms with E-state index in [0.29, 0.717) is 0 Å². The number of piperidine rings is 1. The smallest absolute Gasteiger partial charge is 0.368 e. The van der Waals surface area contributed by atoms with Crippen LogP contribution in [0.25, 0.3) is 5.69 Å². The number of rotatable bonds is 8. The summed E-state index contributed by atoms with van der Waals surface area (Å²) in [5.41, 5.74) is -3.24. The van der Waals surface area contributed by atoms with Crippen molar-refractivity contribution in [2.45, 2.75) is 76.5 Å². The van der Waals surface area contributed by atoms with Crippen molar-refractivity contribution in [1.29, 1.82) is 0 Å². The fourth-order valence-corrected chi connectivity index (χ4v) is 4.70. The highest BCUT2D eigenvalue weighted by molar-refractivity contribution is 5.63. The first-order chi connectivity index (χ1) is 21.1. The van der Waals surface area contributed by atoms with Crippen molar-refractivity contribution in [2.75, 3.05) is 23.7 Å². The van der Waals surface area contributed by atoms with Crippen LogP contribution < -0.4 is 21.1 Å². The van der Waals surface area contributed by atoms with Gasteiger partial charge in [0.2, 0.25) is 5.95 Å².